The minimum Gasteiger partial charge on any atom is -0.345 e. The van der Waals surface area contributed by atoms with Crippen molar-refractivity contribution in [1.29, 1.82) is 0 Å². The summed E-state index contributed by atoms with van der Waals surface area (Å²) >= 11 is 3.17. The summed E-state index contributed by atoms with van der Waals surface area (Å²) in [6.07, 6.45) is 2.05. The molecular formula is C14H15NOS2. The van der Waals surface area contributed by atoms with Gasteiger partial charge in [0.05, 0.1) is 10.9 Å². The van der Waals surface area contributed by atoms with Crippen molar-refractivity contribution in [3.63, 3.8) is 0 Å². The van der Waals surface area contributed by atoms with Gasteiger partial charge in [-0.05, 0) is 42.3 Å². The summed E-state index contributed by atoms with van der Waals surface area (Å²) < 4.78 is 0. The number of carbonyl (C=O) groups is 1. The van der Waals surface area contributed by atoms with Crippen molar-refractivity contribution in [3.8, 4) is 0 Å². The van der Waals surface area contributed by atoms with Crippen LogP contribution in [0.4, 0.5) is 0 Å². The van der Waals surface area contributed by atoms with Gasteiger partial charge in [0.2, 0.25) is 0 Å². The van der Waals surface area contributed by atoms with E-state index in [0.717, 1.165) is 10.4 Å². The molecule has 0 bridgehead atoms. The van der Waals surface area contributed by atoms with Crippen LogP contribution in [0.3, 0.4) is 0 Å². The maximum Gasteiger partial charge on any atom is 0.261 e. The van der Waals surface area contributed by atoms with E-state index in [4.69, 9.17) is 0 Å². The Morgan fingerprint density at radius 3 is 2.56 bits per heavy atom. The van der Waals surface area contributed by atoms with E-state index >= 15 is 0 Å². The van der Waals surface area contributed by atoms with Crippen molar-refractivity contribution in [2.45, 2.75) is 17.9 Å². The predicted octanol–water partition coefficient (Wildman–Crippen LogP) is 3.96. The second kappa shape index (κ2) is 6.07. The van der Waals surface area contributed by atoms with Gasteiger partial charge in [-0.2, -0.15) is 0 Å². The molecule has 2 nitrogen and oxygen atoms in total. The number of nitrogens with one attached hydrogen (secondary N) is 1. The van der Waals surface area contributed by atoms with Crippen LogP contribution in [0.2, 0.25) is 0 Å². The fourth-order valence-electron chi connectivity index (χ4n) is 1.65. The standard InChI is InChI=1S/C14H15NOS2/c1-10(11-5-7-12(17-2)8-6-11)15-14(16)13-4-3-9-18-13/h3-10H,1-2H3,(H,15,16)/t10-/m1/s1. The third-order valence-corrected chi connectivity index (χ3v) is 4.32. The quantitative estimate of drug-likeness (QED) is 0.857. The van der Waals surface area contributed by atoms with Gasteiger partial charge in [-0.3, -0.25) is 4.79 Å². The number of thiophene rings is 1. The normalized spacial score (nSPS) is 12.1. The highest BCUT2D eigenvalue weighted by atomic mass is 32.2. The van der Waals surface area contributed by atoms with Gasteiger partial charge in [0.1, 0.15) is 0 Å². The molecule has 0 spiro atoms. The fraction of sp³-hybridized carbons (Fsp3) is 0.214. The first-order valence-electron chi connectivity index (χ1n) is 5.69. The number of carbonyl (C=O) groups excluding carboxylic acids is 1. The van der Waals surface area contributed by atoms with Crippen molar-refractivity contribution in [1.82, 2.24) is 5.32 Å². The van der Waals surface area contributed by atoms with E-state index in [-0.39, 0.29) is 11.9 Å². The first-order valence-corrected chi connectivity index (χ1v) is 7.79. The second-order valence-corrected chi connectivity index (χ2v) is 5.77. The Kier molecular flexibility index (Phi) is 4.44. The maximum absolute atomic E-state index is 11.9. The minimum atomic E-state index is -0.00792. The molecule has 0 unspecified atom stereocenters. The van der Waals surface area contributed by atoms with Gasteiger partial charge < -0.3 is 5.32 Å². The van der Waals surface area contributed by atoms with E-state index < -0.39 is 0 Å². The number of rotatable bonds is 4. The summed E-state index contributed by atoms with van der Waals surface area (Å²) in [6, 6.07) is 12.0. The molecule has 4 heteroatoms. The average molecular weight is 277 g/mol. The van der Waals surface area contributed by atoms with Gasteiger partial charge in [-0.15, -0.1) is 23.1 Å². The molecular weight excluding hydrogens is 262 g/mol. The monoisotopic (exact) mass is 277 g/mol. The zero-order chi connectivity index (χ0) is 13.0. The van der Waals surface area contributed by atoms with Crippen LogP contribution in [0.5, 0.6) is 0 Å². The number of amides is 1. The molecule has 18 heavy (non-hydrogen) atoms. The van der Waals surface area contributed by atoms with Crippen LogP contribution in [0, 0.1) is 0 Å². The first kappa shape index (κ1) is 13.2. The van der Waals surface area contributed by atoms with E-state index in [9.17, 15) is 4.79 Å². The Bertz CT molecular complexity index is 505. The van der Waals surface area contributed by atoms with Crippen LogP contribution < -0.4 is 5.32 Å². The zero-order valence-electron chi connectivity index (χ0n) is 10.3. The Labute approximate surface area is 115 Å². The lowest BCUT2D eigenvalue weighted by Gasteiger charge is -2.14. The van der Waals surface area contributed by atoms with Crippen LogP contribution in [0.1, 0.15) is 28.2 Å². The van der Waals surface area contributed by atoms with Gasteiger partial charge >= 0.3 is 0 Å². The Hall–Kier alpha value is -1.26. The number of benzene rings is 1. The van der Waals surface area contributed by atoms with Crippen LogP contribution >= 0.6 is 23.1 Å². The molecule has 1 amide bonds. The maximum atomic E-state index is 11.9. The van der Waals surface area contributed by atoms with Crippen molar-refractivity contribution in [3.05, 3.63) is 52.2 Å². The van der Waals surface area contributed by atoms with Crippen LogP contribution in [0.15, 0.2) is 46.7 Å². The summed E-state index contributed by atoms with van der Waals surface area (Å²) in [4.78, 5) is 13.9. The molecule has 0 aliphatic rings. The summed E-state index contributed by atoms with van der Waals surface area (Å²) in [7, 11) is 0. The molecule has 94 valence electrons. The number of hydrogen-bond acceptors (Lipinski definition) is 3. The molecule has 1 aromatic heterocycles. The lowest BCUT2D eigenvalue weighted by atomic mass is 10.1. The van der Waals surface area contributed by atoms with E-state index in [1.54, 1.807) is 11.8 Å². The third kappa shape index (κ3) is 3.15. The van der Waals surface area contributed by atoms with Crippen LogP contribution in [-0.2, 0) is 0 Å². The van der Waals surface area contributed by atoms with E-state index in [0.29, 0.717) is 0 Å². The minimum absolute atomic E-state index is 0.00792. The average Bonchev–Trinajstić information content (AvgIpc) is 2.92. The van der Waals surface area contributed by atoms with E-state index in [1.807, 2.05) is 24.4 Å². The van der Waals surface area contributed by atoms with Crippen molar-refractivity contribution < 1.29 is 4.79 Å². The van der Waals surface area contributed by atoms with E-state index in [2.05, 4.69) is 35.8 Å². The highest BCUT2D eigenvalue weighted by Gasteiger charge is 2.11. The number of thioether (sulfide) groups is 1. The molecule has 1 aromatic carbocycles. The highest BCUT2D eigenvalue weighted by molar-refractivity contribution is 7.98. The lowest BCUT2D eigenvalue weighted by molar-refractivity contribution is 0.0944. The first-order chi connectivity index (χ1) is 8.70. The molecule has 0 fully saturated rings. The molecule has 1 N–H and O–H groups in total. The van der Waals surface area contributed by atoms with Crippen molar-refractivity contribution in [2.75, 3.05) is 6.26 Å². The van der Waals surface area contributed by atoms with Crippen LogP contribution in [0.25, 0.3) is 0 Å². The van der Waals surface area contributed by atoms with Gasteiger partial charge in [0.15, 0.2) is 0 Å². The smallest absolute Gasteiger partial charge is 0.261 e. The van der Waals surface area contributed by atoms with E-state index in [1.165, 1.54) is 16.2 Å². The molecule has 1 heterocycles. The van der Waals surface area contributed by atoms with Gasteiger partial charge in [0.25, 0.3) is 5.91 Å². The number of hydrogen-bond donors (Lipinski definition) is 1. The van der Waals surface area contributed by atoms with Crippen LogP contribution in [-0.4, -0.2) is 12.2 Å². The molecule has 0 saturated heterocycles. The lowest BCUT2D eigenvalue weighted by Crippen LogP contribution is -2.25. The summed E-state index contributed by atoms with van der Waals surface area (Å²) in [5.74, 6) is -0.00792. The summed E-state index contributed by atoms with van der Waals surface area (Å²) in [5, 5.41) is 4.91. The highest BCUT2D eigenvalue weighted by Crippen LogP contribution is 2.19. The molecule has 0 radical (unpaired) electrons. The molecule has 1 atom stereocenters. The van der Waals surface area contributed by atoms with Gasteiger partial charge in [0, 0.05) is 4.90 Å². The SMILES string of the molecule is CSc1ccc([C@@H](C)NC(=O)c2cccs2)cc1. The Morgan fingerprint density at radius 2 is 2.00 bits per heavy atom. The Morgan fingerprint density at radius 1 is 1.28 bits per heavy atom. The summed E-state index contributed by atoms with van der Waals surface area (Å²) in [5.41, 5.74) is 1.12. The summed E-state index contributed by atoms with van der Waals surface area (Å²) in [6.45, 7) is 2.00. The molecule has 0 aliphatic carbocycles. The molecule has 2 aromatic rings. The fourth-order valence-corrected chi connectivity index (χ4v) is 2.69. The molecule has 0 saturated carbocycles. The van der Waals surface area contributed by atoms with Crippen molar-refractivity contribution >= 4 is 29.0 Å². The predicted molar refractivity (Wildman–Crippen MR) is 78.4 cm³/mol. The van der Waals surface area contributed by atoms with Gasteiger partial charge in [-0.25, -0.2) is 0 Å². The van der Waals surface area contributed by atoms with Gasteiger partial charge in [-0.1, -0.05) is 18.2 Å². The topological polar surface area (TPSA) is 29.1 Å². The van der Waals surface area contributed by atoms with Crippen molar-refractivity contribution in [2.24, 2.45) is 0 Å². The third-order valence-electron chi connectivity index (χ3n) is 2.71. The molecule has 2 rings (SSSR count). The zero-order valence-corrected chi connectivity index (χ0v) is 12.0. The largest absolute Gasteiger partial charge is 0.345 e. The second-order valence-electron chi connectivity index (χ2n) is 3.95. The Balaban J connectivity index is 2.02. The molecule has 0 aliphatic heterocycles.